The van der Waals surface area contributed by atoms with Crippen LogP contribution >= 0.6 is 0 Å². The van der Waals surface area contributed by atoms with Crippen LogP contribution in [0.2, 0.25) is 0 Å². The molecular weight excluding hydrogens is 202 g/mol. The van der Waals surface area contributed by atoms with Crippen LogP contribution in [0, 0.1) is 0 Å². The van der Waals surface area contributed by atoms with Crippen molar-refractivity contribution in [3.63, 3.8) is 0 Å². The van der Waals surface area contributed by atoms with Gasteiger partial charge in [0, 0.05) is 26.7 Å². The van der Waals surface area contributed by atoms with E-state index in [2.05, 4.69) is 29.9 Å². The summed E-state index contributed by atoms with van der Waals surface area (Å²) in [5.74, 6) is 0. The van der Waals surface area contributed by atoms with Gasteiger partial charge < -0.3 is 5.11 Å². The third-order valence-corrected chi connectivity index (χ3v) is 2.85. The van der Waals surface area contributed by atoms with Crippen molar-refractivity contribution in [2.45, 2.75) is 33.2 Å². The van der Waals surface area contributed by atoms with Crippen molar-refractivity contribution in [2.24, 2.45) is 7.05 Å². The first-order valence-corrected chi connectivity index (χ1v) is 6.06. The number of aromatic nitrogens is 2. The Bertz CT molecular complexity index is 309. The summed E-state index contributed by atoms with van der Waals surface area (Å²) in [6, 6.07) is 2.17. The molecule has 0 saturated heterocycles. The molecule has 1 heterocycles. The van der Waals surface area contributed by atoms with Crippen LogP contribution in [0.5, 0.6) is 0 Å². The minimum absolute atomic E-state index is 0.266. The lowest BCUT2D eigenvalue weighted by molar-refractivity contribution is 0.222. The van der Waals surface area contributed by atoms with Crippen molar-refractivity contribution >= 4 is 0 Å². The summed E-state index contributed by atoms with van der Waals surface area (Å²) in [5, 5.41) is 13.3. The maximum atomic E-state index is 8.83. The summed E-state index contributed by atoms with van der Waals surface area (Å²) < 4.78 is 1.96. The quantitative estimate of drug-likeness (QED) is 0.758. The van der Waals surface area contributed by atoms with Gasteiger partial charge in [-0.2, -0.15) is 5.10 Å². The first-order valence-electron chi connectivity index (χ1n) is 6.06. The Kier molecular flexibility index (Phi) is 5.49. The molecule has 0 amide bonds. The summed E-state index contributed by atoms with van der Waals surface area (Å²) in [6.45, 7) is 7.40. The van der Waals surface area contributed by atoms with E-state index in [-0.39, 0.29) is 6.61 Å². The molecule has 4 nitrogen and oxygen atoms in total. The number of hydrogen-bond donors (Lipinski definition) is 1. The second kappa shape index (κ2) is 6.66. The van der Waals surface area contributed by atoms with E-state index in [4.69, 9.17) is 5.11 Å². The zero-order valence-electron chi connectivity index (χ0n) is 10.6. The SMILES string of the molecule is CCc1cc(CN(CC)CCCO)n(C)n1. The van der Waals surface area contributed by atoms with Gasteiger partial charge in [-0.05, 0) is 25.5 Å². The Morgan fingerprint density at radius 1 is 1.44 bits per heavy atom. The molecule has 0 saturated carbocycles. The Morgan fingerprint density at radius 3 is 2.69 bits per heavy atom. The fraction of sp³-hybridized carbons (Fsp3) is 0.750. The predicted molar refractivity (Wildman–Crippen MR) is 65.2 cm³/mol. The lowest BCUT2D eigenvalue weighted by Crippen LogP contribution is -2.25. The van der Waals surface area contributed by atoms with Crippen LogP contribution in [0.15, 0.2) is 6.07 Å². The van der Waals surface area contributed by atoms with E-state index in [1.807, 2.05) is 11.7 Å². The monoisotopic (exact) mass is 225 g/mol. The molecular formula is C12H23N3O. The second-order valence-corrected chi connectivity index (χ2v) is 4.05. The van der Waals surface area contributed by atoms with Gasteiger partial charge in [0.15, 0.2) is 0 Å². The summed E-state index contributed by atoms with van der Waals surface area (Å²) in [4.78, 5) is 2.33. The summed E-state index contributed by atoms with van der Waals surface area (Å²) in [6.07, 6.45) is 1.82. The van der Waals surface area contributed by atoms with E-state index >= 15 is 0 Å². The van der Waals surface area contributed by atoms with Gasteiger partial charge in [0.2, 0.25) is 0 Å². The highest BCUT2D eigenvalue weighted by molar-refractivity contribution is 5.10. The maximum absolute atomic E-state index is 8.83. The van der Waals surface area contributed by atoms with Crippen molar-refractivity contribution in [1.82, 2.24) is 14.7 Å². The van der Waals surface area contributed by atoms with Gasteiger partial charge in [-0.3, -0.25) is 9.58 Å². The molecule has 0 spiro atoms. The summed E-state index contributed by atoms with van der Waals surface area (Å²) in [5.41, 5.74) is 2.40. The molecule has 0 unspecified atom stereocenters. The highest BCUT2D eigenvalue weighted by Gasteiger charge is 2.08. The van der Waals surface area contributed by atoms with E-state index in [9.17, 15) is 0 Å². The van der Waals surface area contributed by atoms with E-state index in [0.29, 0.717) is 0 Å². The fourth-order valence-corrected chi connectivity index (χ4v) is 1.76. The van der Waals surface area contributed by atoms with E-state index < -0.39 is 0 Å². The van der Waals surface area contributed by atoms with Crippen LogP contribution in [-0.2, 0) is 20.0 Å². The van der Waals surface area contributed by atoms with Gasteiger partial charge in [-0.25, -0.2) is 0 Å². The van der Waals surface area contributed by atoms with Gasteiger partial charge in [0.1, 0.15) is 0 Å². The minimum Gasteiger partial charge on any atom is -0.396 e. The number of hydrogen-bond acceptors (Lipinski definition) is 3. The molecule has 0 radical (unpaired) electrons. The summed E-state index contributed by atoms with van der Waals surface area (Å²) in [7, 11) is 1.99. The minimum atomic E-state index is 0.266. The molecule has 0 fully saturated rings. The lowest BCUT2D eigenvalue weighted by Gasteiger charge is -2.19. The summed E-state index contributed by atoms with van der Waals surface area (Å²) >= 11 is 0. The van der Waals surface area contributed by atoms with Crippen molar-refractivity contribution in [3.8, 4) is 0 Å². The largest absolute Gasteiger partial charge is 0.396 e. The van der Waals surface area contributed by atoms with Crippen LogP contribution in [-0.4, -0.2) is 39.5 Å². The van der Waals surface area contributed by atoms with Crippen LogP contribution in [0.4, 0.5) is 0 Å². The molecule has 1 aromatic heterocycles. The molecule has 0 aromatic carbocycles. The molecule has 0 bridgehead atoms. The fourth-order valence-electron chi connectivity index (χ4n) is 1.76. The van der Waals surface area contributed by atoms with Gasteiger partial charge >= 0.3 is 0 Å². The van der Waals surface area contributed by atoms with Crippen molar-refractivity contribution < 1.29 is 5.11 Å². The molecule has 4 heteroatoms. The average Bonchev–Trinajstić information content (AvgIpc) is 2.65. The molecule has 0 aliphatic heterocycles. The van der Waals surface area contributed by atoms with Crippen LogP contribution in [0.3, 0.4) is 0 Å². The molecule has 0 aliphatic carbocycles. The Balaban J connectivity index is 2.58. The molecule has 1 aromatic rings. The molecule has 16 heavy (non-hydrogen) atoms. The molecule has 0 aliphatic rings. The van der Waals surface area contributed by atoms with Crippen molar-refractivity contribution in [3.05, 3.63) is 17.5 Å². The van der Waals surface area contributed by atoms with Crippen LogP contribution in [0.25, 0.3) is 0 Å². The highest BCUT2D eigenvalue weighted by Crippen LogP contribution is 2.07. The third-order valence-electron chi connectivity index (χ3n) is 2.85. The first-order chi connectivity index (χ1) is 7.71. The Hall–Kier alpha value is -0.870. The van der Waals surface area contributed by atoms with Gasteiger partial charge in [0.05, 0.1) is 11.4 Å². The topological polar surface area (TPSA) is 41.3 Å². The van der Waals surface area contributed by atoms with Gasteiger partial charge in [-0.15, -0.1) is 0 Å². The second-order valence-electron chi connectivity index (χ2n) is 4.05. The predicted octanol–water partition coefficient (Wildman–Crippen LogP) is 1.19. The molecule has 1 N–H and O–H groups in total. The lowest BCUT2D eigenvalue weighted by atomic mass is 10.3. The number of aliphatic hydroxyl groups excluding tert-OH is 1. The number of aliphatic hydroxyl groups is 1. The van der Waals surface area contributed by atoms with Crippen molar-refractivity contribution in [2.75, 3.05) is 19.7 Å². The number of rotatable bonds is 7. The van der Waals surface area contributed by atoms with E-state index in [1.54, 1.807) is 0 Å². The molecule has 92 valence electrons. The first kappa shape index (κ1) is 13.2. The van der Waals surface area contributed by atoms with Crippen LogP contribution < -0.4 is 0 Å². The number of aryl methyl sites for hydroxylation is 2. The normalized spacial score (nSPS) is 11.3. The average molecular weight is 225 g/mol. The van der Waals surface area contributed by atoms with Crippen LogP contribution in [0.1, 0.15) is 31.7 Å². The Morgan fingerprint density at radius 2 is 2.19 bits per heavy atom. The van der Waals surface area contributed by atoms with Gasteiger partial charge in [0.25, 0.3) is 0 Å². The smallest absolute Gasteiger partial charge is 0.0625 e. The highest BCUT2D eigenvalue weighted by atomic mass is 16.3. The Labute approximate surface area is 97.9 Å². The standard InChI is InChI=1S/C12H23N3O/c1-4-11-9-12(14(3)13-11)10-15(5-2)7-6-8-16/h9,16H,4-8,10H2,1-3H3. The number of nitrogens with zero attached hydrogens (tertiary/aromatic N) is 3. The zero-order chi connectivity index (χ0) is 12.0. The van der Waals surface area contributed by atoms with Crippen molar-refractivity contribution in [1.29, 1.82) is 0 Å². The maximum Gasteiger partial charge on any atom is 0.0625 e. The van der Waals surface area contributed by atoms with Gasteiger partial charge in [-0.1, -0.05) is 13.8 Å². The third kappa shape index (κ3) is 3.61. The molecule has 0 atom stereocenters. The van der Waals surface area contributed by atoms with E-state index in [0.717, 1.165) is 38.2 Å². The zero-order valence-corrected chi connectivity index (χ0v) is 10.6. The molecule has 1 rings (SSSR count). The van der Waals surface area contributed by atoms with E-state index in [1.165, 1.54) is 5.69 Å².